The van der Waals surface area contributed by atoms with Gasteiger partial charge in [0.05, 0.1) is 25.3 Å². The molecule has 2 N–H and O–H groups in total. The van der Waals surface area contributed by atoms with Crippen molar-refractivity contribution in [1.82, 2.24) is 4.98 Å². The van der Waals surface area contributed by atoms with Gasteiger partial charge in [-0.05, 0) is 54.6 Å². The molecule has 0 fully saturated rings. The van der Waals surface area contributed by atoms with Crippen LogP contribution in [0.25, 0.3) is 22.2 Å². The molecule has 1 amide bonds. The molecule has 0 aliphatic rings. The predicted octanol–water partition coefficient (Wildman–Crippen LogP) is 5.77. The van der Waals surface area contributed by atoms with Crippen LogP contribution >= 0.6 is 0 Å². The molecule has 0 unspecified atom stereocenters. The average Bonchev–Trinajstić information content (AvgIpc) is 2.94. The topological polar surface area (TPSA) is 93.8 Å². The Morgan fingerprint density at radius 2 is 1.62 bits per heavy atom. The molecule has 0 atom stereocenters. The van der Waals surface area contributed by atoms with Crippen molar-refractivity contribution in [3.8, 4) is 34.3 Å². The number of pyridine rings is 2. The molecule has 0 aliphatic heterocycles. The van der Waals surface area contributed by atoms with E-state index in [9.17, 15) is 14.4 Å². The first-order valence-electron chi connectivity index (χ1n) is 11.7. The summed E-state index contributed by atoms with van der Waals surface area (Å²) in [4.78, 5) is 17.2. The van der Waals surface area contributed by atoms with E-state index in [2.05, 4.69) is 10.3 Å². The van der Waals surface area contributed by atoms with Gasteiger partial charge in [-0.3, -0.25) is 15.0 Å². The van der Waals surface area contributed by atoms with Crippen LogP contribution in [-0.2, 0) is 0 Å². The first kappa shape index (κ1) is 25.4. The van der Waals surface area contributed by atoms with E-state index in [1.54, 1.807) is 30.3 Å². The fourth-order valence-electron chi connectivity index (χ4n) is 4.02. The Balaban J connectivity index is 1.38. The number of nitrogens with one attached hydrogen (secondary N) is 1. The smallest absolute Gasteiger partial charge is 0.325 e. The number of halogens is 2. The number of aromatic nitrogens is 2. The number of amides is 1. The van der Waals surface area contributed by atoms with Gasteiger partial charge >= 0.3 is 11.6 Å². The van der Waals surface area contributed by atoms with Crippen LogP contribution < -0.4 is 24.3 Å². The Morgan fingerprint density at radius 3 is 2.33 bits per heavy atom. The standard InChI is InChI=1S/C29H21F2N3O5/c1-37-27-15-20-22(16-28(27)38-2)32-13-12-25(20)39-26-11-10-19(14-21(26)31)33-29(35)24-5-3-4-23(34(24)36)17-6-8-18(30)9-7-17/h3-16H,1-2H3,(H-,33,35,36)/p+1. The Labute approximate surface area is 221 Å². The van der Waals surface area contributed by atoms with Crippen LogP contribution in [0.15, 0.2) is 85.1 Å². The minimum atomic E-state index is -0.727. The summed E-state index contributed by atoms with van der Waals surface area (Å²) in [6.07, 6.45) is 1.53. The van der Waals surface area contributed by atoms with Gasteiger partial charge in [-0.2, -0.15) is 0 Å². The van der Waals surface area contributed by atoms with Crippen LogP contribution in [0.3, 0.4) is 0 Å². The van der Waals surface area contributed by atoms with E-state index < -0.39 is 17.5 Å². The number of nitrogens with zero attached hydrogens (tertiary/aromatic N) is 2. The van der Waals surface area contributed by atoms with Crippen molar-refractivity contribution in [1.29, 1.82) is 0 Å². The minimum Gasteiger partial charge on any atom is -0.493 e. The van der Waals surface area contributed by atoms with Gasteiger partial charge in [-0.15, -0.1) is 0 Å². The summed E-state index contributed by atoms with van der Waals surface area (Å²) < 4.78 is 45.5. The third-order valence-corrected chi connectivity index (χ3v) is 5.95. The van der Waals surface area contributed by atoms with Crippen LogP contribution in [0.1, 0.15) is 10.5 Å². The van der Waals surface area contributed by atoms with Gasteiger partial charge in [0.1, 0.15) is 11.6 Å². The second-order valence-corrected chi connectivity index (χ2v) is 8.35. The lowest BCUT2D eigenvalue weighted by Crippen LogP contribution is -2.41. The molecular formula is C29H22F2N3O5+. The molecule has 0 radical (unpaired) electrons. The molecule has 196 valence electrons. The summed E-state index contributed by atoms with van der Waals surface area (Å²) in [5.41, 5.74) is 1.38. The number of ether oxygens (including phenoxy) is 3. The monoisotopic (exact) mass is 530 g/mol. The summed E-state index contributed by atoms with van der Waals surface area (Å²) >= 11 is 0. The molecule has 0 bridgehead atoms. The number of hydrogen-bond acceptors (Lipinski definition) is 6. The van der Waals surface area contributed by atoms with Gasteiger partial charge in [-0.25, -0.2) is 8.78 Å². The fourth-order valence-corrected chi connectivity index (χ4v) is 4.02. The average molecular weight is 531 g/mol. The van der Waals surface area contributed by atoms with Gasteiger partial charge in [0.2, 0.25) is 0 Å². The Morgan fingerprint density at radius 1 is 0.872 bits per heavy atom. The molecule has 10 heteroatoms. The van der Waals surface area contributed by atoms with Crippen LogP contribution in [0, 0.1) is 11.6 Å². The third kappa shape index (κ3) is 5.12. The van der Waals surface area contributed by atoms with E-state index in [0.29, 0.717) is 38.4 Å². The Hall–Kier alpha value is -5.25. The van der Waals surface area contributed by atoms with Gasteiger partial charge in [0.25, 0.3) is 5.69 Å². The maximum atomic E-state index is 15.0. The number of methoxy groups -OCH3 is 2. The molecule has 0 saturated carbocycles. The number of carbonyl (C=O) groups excluding carboxylic acids is 1. The van der Waals surface area contributed by atoms with Crippen LogP contribution in [0.5, 0.6) is 23.0 Å². The van der Waals surface area contributed by atoms with Crippen LogP contribution in [0.4, 0.5) is 14.5 Å². The van der Waals surface area contributed by atoms with Crippen molar-refractivity contribution in [3.05, 3.63) is 102 Å². The lowest BCUT2D eigenvalue weighted by atomic mass is 10.1. The zero-order chi connectivity index (χ0) is 27.5. The number of hydrogen-bond donors (Lipinski definition) is 2. The highest BCUT2D eigenvalue weighted by Gasteiger charge is 2.25. The SMILES string of the molecule is COc1cc2nccc(Oc3ccc(NC(=O)c4cccc(-c5ccc(F)cc5)[n+]4O)cc3F)c2cc1OC. The van der Waals surface area contributed by atoms with Crippen molar-refractivity contribution in [3.63, 3.8) is 0 Å². The maximum absolute atomic E-state index is 15.0. The van der Waals surface area contributed by atoms with Crippen molar-refractivity contribution in [2.24, 2.45) is 0 Å². The van der Waals surface area contributed by atoms with Crippen LogP contribution in [-0.4, -0.2) is 30.3 Å². The molecule has 0 spiro atoms. The summed E-state index contributed by atoms with van der Waals surface area (Å²) in [6.45, 7) is 0. The Kier molecular flexibility index (Phi) is 6.92. The molecule has 0 saturated heterocycles. The Bertz CT molecular complexity index is 1690. The number of rotatable bonds is 7. The summed E-state index contributed by atoms with van der Waals surface area (Å²) in [7, 11) is 3.02. The lowest BCUT2D eigenvalue weighted by molar-refractivity contribution is -0.897. The zero-order valence-corrected chi connectivity index (χ0v) is 20.8. The molecule has 2 heterocycles. The molecular weight excluding hydrogens is 508 g/mol. The highest BCUT2D eigenvalue weighted by Crippen LogP contribution is 2.37. The van der Waals surface area contributed by atoms with Gasteiger partial charge in [-0.1, -0.05) is 0 Å². The van der Waals surface area contributed by atoms with Crippen molar-refractivity contribution in [2.75, 3.05) is 19.5 Å². The number of carbonyl (C=O) groups is 1. The summed E-state index contributed by atoms with van der Waals surface area (Å²) in [6, 6.07) is 18.9. The molecule has 2 aromatic heterocycles. The molecule has 5 aromatic rings. The number of fused-ring (bicyclic) bond motifs is 1. The second-order valence-electron chi connectivity index (χ2n) is 8.35. The highest BCUT2D eigenvalue weighted by molar-refractivity contribution is 6.02. The first-order valence-corrected chi connectivity index (χ1v) is 11.7. The molecule has 3 aromatic carbocycles. The fraction of sp³-hybridized carbons (Fsp3) is 0.0690. The maximum Gasteiger partial charge on any atom is 0.325 e. The van der Waals surface area contributed by atoms with Crippen molar-refractivity contribution >= 4 is 22.5 Å². The second kappa shape index (κ2) is 10.6. The van der Waals surface area contributed by atoms with E-state index in [1.165, 1.54) is 62.9 Å². The molecule has 39 heavy (non-hydrogen) atoms. The molecule has 0 aliphatic carbocycles. The molecule has 5 rings (SSSR count). The minimum absolute atomic E-state index is 0.0780. The normalized spacial score (nSPS) is 10.8. The van der Waals surface area contributed by atoms with Crippen molar-refractivity contribution in [2.45, 2.75) is 0 Å². The summed E-state index contributed by atoms with van der Waals surface area (Å²) in [5, 5.41) is 13.8. The van der Waals surface area contributed by atoms with E-state index in [1.807, 2.05) is 0 Å². The zero-order valence-electron chi connectivity index (χ0n) is 20.8. The number of anilines is 1. The third-order valence-electron chi connectivity index (χ3n) is 5.95. The van der Waals surface area contributed by atoms with E-state index in [-0.39, 0.29) is 22.8 Å². The van der Waals surface area contributed by atoms with Crippen LogP contribution in [0.2, 0.25) is 0 Å². The van der Waals surface area contributed by atoms with Gasteiger partial charge in [0, 0.05) is 46.3 Å². The van der Waals surface area contributed by atoms with Gasteiger partial charge in [0.15, 0.2) is 23.1 Å². The van der Waals surface area contributed by atoms with Gasteiger partial charge < -0.3 is 19.5 Å². The summed E-state index contributed by atoms with van der Waals surface area (Å²) in [5.74, 6) is -0.616. The predicted molar refractivity (Wildman–Crippen MR) is 138 cm³/mol. The largest absolute Gasteiger partial charge is 0.493 e. The van der Waals surface area contributed by atoms with E-state index in [4.69, 9.17) is 14.2 Å². The van der Waals surface area contributed by atoms with E-state index >= 15 is 4.39 Å². The quantitative estimate of drug-likeness (QED) is 0.205. The van der Waals surface area contributed by atoms with E-state index in [0.717, 1.165) is 6.07 Å². The molecule has 8 nitrogen and oxygen atoms in total. The highest BCUT2D eigenvalue weighted by atomic mass is 19.1. The first-order chi connectivity index (χ1) is 18.9. The lowest BCUT2D eigenvalue weighted by Gasteiger charge is -2.13. The van der Waals surface area contributed by atoms with Crippen molar-refractivity contribution < 1.29 is 37.7 Å². The number of benzene rings is 3.